The second-order valence-corrected chi connectivity index (χ2v) is 6.01. The first-order valence-electron chi connectivity index (χ1n) is 7.25. The van der Waals surface area contributed by atoms with Crippen molar-refractivity contribution < 1.29 is 0 Å². The van der Waals surface area contributed by atoms with Crippen LogP contribution in [0.3, 0.4) is 0 Å². The second kappa shape index (κ2) is 6.38. The number of nitrogens with two attached hydrogens (primary N) is 1. The van der Waals surface area contributed by atoms with Gasteiger partial charge in [0.1, 0.15) is 4.99 Å². The molecule has 0 aliphatic heterocycles. The molecule has 104 valence electrons. The van der Waals surface area contributed by atoms with Gasteiger partial charge in [-0.25, -0.2) is 0 Å². The molecule has 1 aromatic rings. The molecule has 1 aliphatic carbocycles. The second-order valence-electron chi connectivity index (χ2n) is 5.58. The Bertz CT molecular complexity index is 436. The van der Waals surface area contributed by atoms with Crippen molar-refractivity contribution in [2.45, 2.75) is 45.1 Å². The lowest BCUT2D eigenvalue weighted by Gasteiger charge is -2.36. The highest BCUT2D eigenvalue weighted by molar-refractivity contribution is 7.80. The Morgan fingerprint density at radius 3 is 2.47 bits per heavy atom. The van der Waals surface area contributed by atoms with E-state index in [4.69, 9.17) is 18.0 Å². The van der Waals surface area contributed by atoms with Crippen molar-refractivity contribution in [2.24, 2.45) is 11.7 Å². The van der Waals surface area contributed by atoms with Crippen molar-refractivity contribution in [1.29, 1.82) is 0 Å². The summed E-state index contributed by atoms with van der Waals surface area (Å²) in [6.45, 7) is 2.30. The number of hydrogen-bond donors (Lipinski definition) is 1. The summed E-state index contributed by atoms with van der Waals surface area (Å²) in [5.74, 6) is 0.926. The van der Waals surface area contributed by atoms with Gasteiger partial charge in [-0.15, -0.1) is 0 Å². The van der Waals surface area contributed by atoms with Crippen molar-refractivity contribution in [3.8, 4) is 0 Å². The SMILES string of the molecule is CCC1CCC(N(C)c2ccccc2C(N)=S)CC1. The predicted octanol–water partition coefficient (Wildman–Crippen LogP) is 3.73. The van der Waals surface area contributed by atoms with Crippen LogP contribution < -0.4 is 10.6 Å². The molecule has 0 unspecified atom stereocenters. The molecule has 0 bridgehead atoms. The Balaban J connectivity index is 2.12. The number of rotatable bonds is 4. The standard InChI is InChI=1S/C16H24N2S/c1-3-12-8-10-13(11-9-12)18(2)15-7-5-4-6-14(15)16(17)19/h4-7,12-13H,3,8-11H2,1-2H3,(H2,17,19). The Morgan fingerprint density at radius 2 is 1.89 bits per heavy atom. The highest BCUT2D eigenvalue weighted by Gasteiger charge is 2.24. The number of nitrogens with zero attached hydrogens (tertiary/aromatic N) is 1. The number of para-hydroxylation sites is 1. The maximum Gasteiger partial charge on any atom is 0.106 e. The van der Waals surface area contributed by atoms with E-state index in [2.05, 4.69) is 31.0 Å². The van der Waals surface area contributed by atoms with Crippen molar-refractivity contribution >= 4 is 22.9 Å². The van der Waals surface area contributed by atoms with E-state index >= 15 is 0 Å². The van der Waals surface area contributed by atoms with Gasteiger partial charge in [0.25, 0.3) is 0 Å². The summed E-state index contributed by atoms with van der Waals surface area (Å²) in [4.78, 5) is 2.87. The van der Waals surface area contributed by atoms with E-state index < -0.39 is 0 Å². The minimum Gasteiger partial charge on any atom is -0.389 e. The molecule has 0 aromatic heterocycles. The van der Waals surface area contributed by atoms with Crippen LogP contribution in [-0.2, 0) is 0 Å². The van der Waals surface area contributed by atoms with E-state index in [1.807, 2.05) is 12.1 Å². The monoisotopic (exact) mass is 276 g/mol. The maximum absolute atomic E-state index is 5.83. The van der Waals surface area contributed by atoms with Crippen LogP contribution in [0.5, 0.6) is 0 Å². The molecule has 2 rings (SSSR count). The van der Waals surface area contributed by atoms with Gasteiger partial charge < -0.3 is 10.6 Å². The molecule has 0 saturated heterocycles. The topological polar surface area (TPSA) is 29.3 Å². The lowest BCUT2D eigenvalue weighted by Crippen LogP contribution is -2.36. The Kier molecular flexibility index (Phi) is 4.81. The lowest BCUT2D eigenvalue weighted by atomic mass is 9.84. The molecule has 3 heteroatoms. The van der Waals surface area contributed by atoms with Crippen LogP contribution in [0.1, 0.15) is 44.6 Å². The van der Waals surface area contributed by atoms with Crippen LogP contribution in [0, 0.1) is 5.92 Å². The number of hydrogen-bond acceptors (Lipinski definition) is 2. The first-order chi connectivity index (χ1) is 9.13. The van der Waals surface area contributed by atoms with Crippen LogP contribution in [-0.4, -0.2) is 18.1 Å². The minimum atomic E-state index is 0.490. The summed E-state index contributed by atoms with van der Waals surface area (Å²) >= 11 is 5.16. The molecule has 2 N–H and O–H groups in total. The zero-order valence-corrected chi connectivity index (χ0v) is 12.7. The maximum atomic E-state index is 5.83. The molecule has 0 amide bonds. The van der Waals surface area contributed by atoms with Crippen molar-refractivity contribution in [1.82, 2.24) is 0 Å². The third-order valence-corrected chi connectivity index (χ3v) is 4.71. The van der Waals surface area contributed by atoms with Crippen molar-refractivity contribution in [3.05, 3.63) is 29.8 Å². The van der Waals surface area contributed by atoms with Crippen molar-refractivity contribution in [3.63, 3.8) is 0 Å². The highest BCUT2D eigenvalue weighted by atomic mass is 32.1. The summed E-state index contributed by atoms with van der Waals surface area (Å²) in [6.07, 6.45) is 6.57. The highest BCUT2D eigenvalue weighted by Crippen LogP contribution is 2.32. The normalized spacial score (nSPS) is 23.1. The van der Waals surface area contributed by atoms with E-state index in [9.17, 15) is 0 Å². The van der Waals surface area contributed by atoms with Gasteiger partial charge in [0, 0.05) is 24.3 Å². The molecule has 0 radical (unpaired) electrons. The third kappa shape index (κ3) is 3.27. The predicted molar refractivity (Wildman–Crippen MR) is 86.8 cm³/mol. The first-order valence-corrected chi connectivity index (χ1v) is 7.66. The quantitative estimate of drug-likeness (QED) is 0.850. The van der Waals surface area contributed by atoms with E-state index in [0.29, 0.717) is 11.0 Å². The molecule has 1 saturated carbocycles. The van der Waals surface area contributed by atoms with Gasteiger partial charge >= 0.3 is 0 Å². The van der Waals surface area contributed by atoms with E-state index in [0.717, 1.165) is 11.5 Å². The molecule has 0 heterocycles. The summed E-state index contributed by atoms with van der Waals surface area (Å²) in [5, 5.41) is 0. The summed E-state index contributed by atoms with van der Waals surface area (Å²) in [6, 6.07) is 8.83. The van der Waals surface area contributed by atoms with Gasteiger partial charge in [-0.1, -0.05) is 37.7 Å². The van der Waals surface area contributed by atoms with E-state index in [-0.39, 0.29) is 0 Å². The summed E-state index contributed by atoms with van der Waals surface area (Å²) in [5.41, 5.74) is 8.00. The zero-order chi connectivity index (χ0) is 13.8. The van der Waals surface area contributed by atoms with Crippen LogP contribution in [0.15, 0.2) is 24.3 Å². The summed E-state index contributed by atoms with van der Waals surface area (Å²) in [7, 11) is 2.17. The van der Waals surface area contributed by atoms with Crippen LogP contribution in [0.25, 0.3) is 0 Å². The third-order valence-electron chi connectivity index (χ3n) is 4.49. The van der Waals surface area contributed by atoms with E-state index in [1.165, 1.54) is 37.8 Å². The lowest BCUT2D eigenvalue weighted by molar-refractivity contribution is 0.313. The molecular formula is C16H24N2S. The molecule has 0 spiro atoms. The van der Waals surface area contributed by atoms with Gasteiger partial charge in [-0.3, -0.25) is 0 Å². The summed E-state index contributed by atoms with van der Waals surface area (Å²) < 4.78 is 0. The fourth-order valence-electron chi connectivity index (χ4n) is 3.13. The Labute approximate surface area is 122 Å². The van der Waals surface area contributed by atoms with Crippen molar-refractivity contribution in [2.75, 3.05) is 11.9 Å². The van der Waals surface area contributed by atoms with Gasteiger partial charge in [0.2, 0.25) is 0 Å². The van der Waals surface area contributed by atoms with Gasteiger partial charge in [-0.2, -0.15) is 0 Å². The largest absolute Gasteiger partial charge is 0.389 e. The number of thiocarbonyl (C=S) groups is 1. The Hall–Kier alpha value is -1.09. The average molecular weight is 276 g/mol. The molecule has 0 atom stereocenters. The minimum absolute atomic E-state index is 0.490. The molecule has 1 aliphatic rings. The van der Waals surface area contributed by atoms with Crippen LogP contribution in [0.2, 0.25) is 0 Å². The molecule has 1 fully saturated rings. The van der Waals surface area contributed by atoms with E-state index in [1.54, 1.807) is 0 Å². The van der Waals surface area contributed by atoms with Gasteiger partial charge in [0.15, 0.2) is 0 Å². The first kappa shape index (κ1) is 14.3. The number of benzene rings is 1. The fraction of sp³-hybridized carbons (Fsp3) is 0.562. The molecule has 2 nitrogen and oxygen atoms in total. The fourth-order valence-corrected chi connectivity index (χ4v) is 3.30. The van der Waals surface area contributed by atoms with Gasteiger partial charge in [-0.05, 0) is 43.7 Å². The average Bonchev–Trinajstić information content (AvgIpc) is 2.46. The molecule has 1 aromatic carbocycles. The Morgan fingerprint density at radius 1 is 1.26 bits per heavy atom. The molecular weight excluding hydrogens is 252 g/mol. The smallest absolute Gasteiger partial charge is 0.106 e. The number of anilines is 1. The van der Waals surface area contributed by atoms with Gasteiger partial charge in [0.05, 0.1) is 0 Å². The molecule has 19 heavy (non-hydrogen) atoms. The zero-order valence-electron chi connectivity index (χ0n) is 11.9. The van der Waals surface area contributed by atoms with Crippen LogP contribution >= 0.6 is 12.2 Å². The van der Waals surface area contributed by atoms with Crippen LogP contribution in [0.4, 0.5) is 5.69 Å².